The number of fused-ring (bicyclic) bond motifs is 1. The van der Waals surface area contributed by atoms with Crippen LogP contribution in [0.1, 0.15) is 36.2 Å². The average Bonchev–Trinajstić information content (AvgIpc) is 2.64. The van der Waals surface area contributed by atoms with E-state index >= 15 is 0 Å². The molecule has 0 N–H and O–H groups in total. The van der Waals surface area contributed by atoms with E-state index in [4.69, 9.17) is 4.99 Å². The number of nitrogens with zero attached hydrogens (tertiary/aromatic N) is 2. The maximum absolute atomic E-state index is 5.01. The highest BCUT2D eigenvalue weighted by atomic mass is 14.8. The Balaban J connectivity index is 2.20. The summed E-state index contributed by atoms with van der Waals surface area (Å²) in [4.78, 5) is 9.57. The molecule has 0 amide bonds. The second-order valence-electron chi connectivity index (χ2n) is 6.27. The lowest BCUT2D eigenvalue weighted by Gasteiger charge is -2.19. The van der Waals surface area contributed by atoms with Crippen molar-refractivity contribution in [2.75, 3.05) is 0 Å². The topological polar surface area (TPSA) is 25.2 Å². The molecule has 3 rings (SSSR count). The third kappa shape index (κ3) is 2.05. The van der Waals surface area contributed by atoms with E-state index in [1.807, 2.05) is 12.3 Å². The molecule has 1 heterocycles. The molecule has 2 nitrogen and oxygen atoms in total. The molecule has 20 heavy (non-hydrogen) atoms. The van der Waals surface area contributed by atoms with Crippen LogP contribution in [0.5, 0.6) is 0 Å². The number of rotatable bonds is 1. The maximum atomic E-state index is 5.01. The van der Waals surface area contributed by atoms with Crippen molar-refractivity contribution in [1.29, 1.82) is 0 Å². The van der Waals surface area contributed by atoms with E-state index in [2.05, 4.69) is 56.9 Å². The monoisotopic (exact) mass is 264 g/mol. The van der Waals surface area contributed by atoms with Gasteiger partial charge in [-0.2, -0.15) is 0 Å². The molecule has 0 unspecified atom stereocenters. The highest BCUT2D eigenvalue weighted by Crippen LogP contribution is 2.38. The molecule has 1 aliphatic rings. The lowest BCUT2D eigenvalue weighted by molar-refractivity contribution is 0.540. The Kier molecular flexibility index (Phi) is 2.97. The van der Waals surface area contributed by atoms with Crippen LogP contribution in [-0.2, 0) is 6.42 Å². The summed E-state index contributed by atoms with van der Waals surface area (Å²) < 4.78 is 0. The molecule has 102 valence electrons. The molecule has 1 aromatic heterocycles. The van der Waals surface area contributed by atoms with Crippen LogP contribution in [0, 0.1) is 19.3 Å². The van der Waals surface area contributed by atoms with Gasteiger partial charge in [-0.15, -0.1) is 0 Å². The molecule has 0 aliphatic heterocycles. The first kappa shape index (κ1) is 13.0. The van der Waals surface area contributed by atoms with Crippen molar-refractivity contribution in [3.8, 4) is 0 Å². The van der Waals surface area contributed by atoms with E-state index in [0.717, 1.165) is 23.5 Å². The number of para-hydroxylation sites is 1. The van der Waals surface area contributed by atoms with E-state index in [9.17, 15) is 0 Å². The summed E-state index contributed by atoms with van der Waals surface area (Å²) in [6, 6.07) is 10.5. The molecule has 1 aliphatic carbocycles. The Labute approximate surface area is 120 Å². The molecule has 0 spiro atoms. The van der Waals surface area contributed by atoms with Crippen molar-refractivity contribution < 1.29 is 0 Å². The van der Waals surface area contributed by atoms with Crippen molar-refractivity contribution in [3.05, 3.63) is 58.9 Å². The zero-order valence-corrected chi connectivity index (χ0v) is 12.6. The van der Waals surface area contributed by atoms with Crippen molar-refractivity contribution >= 4 is 11.4 Å². The third-order valence-electron chi connectivity index (χ3n) is 4.05. The summed E-state index contributed by atoms with van der Waals surface area (Å²) in [5.41, 5.74) is 7.07. The fraction of sp³-hybridized carbons (Fsp3) is 0.333. The minimum atomic E-state index is 0.0470. The normalized spacial score (nSPS) is 18.3. The lowest BCUT2D eigenvalue weighted by atomic mass is 9.88. The van der Waals surface area contributed by atoms with Crippen LogP contribution >= 0.6 is 0 Å². The van der Waals surface area contributed by atoms with Gasteiger partial charge in [0, 0.05) is 11.6 Å². The molecule has 0 saturated carbocycles. The van der Waals surface area contributed by atoms with E-state index in [1.54, 1.807) is 0 Å². The van der Waals surface area contributed by atoms with E-state index in [-0.39, 0.29) is 5.41 Å². The molecule has 0 fully saturated rings. The lowest BCUT2D eigenvalue weighted by Crippen LogP contribution is -2.20. The summed E-state index contributed by atoms with van der Waals surface area (Å²) in [5.74, 6) is 0. The summed E-state index contributed by atoms with van der Waals surface area (Å²) in [6.45, 7) is 8.74. The van der Waals surface area contributed by atoms with Gasteiger partial charge in [0.15, 0.2) is 0 Å². The standard InChI is InChI=1S/C18H20N2/c1-12-7-5-8-13(2)15(12)20-17-16-14(9-6-10-19-16)11-18(17,3)4/h5-10H,11H2,1-4H3. The Morgan fingerprint density at radius 1 is 1.05 bits per heavy atom. The van der Waals surface area contributed by atoms with Gasteiger partial charge in [-0.1, -0.05) is 38.1 Å². The third-order valence-corrected chi connectivity index (χ3v) is 4.05. The first-order valence-corrected chi connectivity index (χ1v) is 7.09. The van der Waals surface area contributed by atoms with Crippen LogP contribution in [0.2, 0.25) is 0 Å². The van der Waals surface area contributed by atoms with Crippen molar-refractivity contribution in [3.63, 3.8) is 0 Å². The number of aromatic nitrogens is 1. The molecular formula is C18H20N2. The van der Waals surface area contributed by atoms with Crippen LogP contribution in [-0.4, -0.2) is 10.7 Å². The highest BCUT2D eigenvalue weighted by Gasteiger charge is 2.36. The van der Waals surface area contributed by atoms with Crippen molar-refractivity contribution in [2.24, 2.45) is 10.4 Å². The Morgan fingerprint density at radius 2 is 1.75 bits per heavy atom. The zero-order chi connectivity index (χ0) is 14.3. The van der Waals surface area contributed by atoms with Gasteiger partial charge < -0.3 is 0 Å². The minimum Gasteiger partial charge on any atom is -0.255 e. The van der Waals surface area contributed by atoms with Gasteiger partial charge in [0.2, 0.25) is 0 Å². The predicted molar refractivity (Wildman–Crippen MR) is 83.8 cm³/mol. The van der Waals surface area contributed by atoms with Gasteiger partial charge in [-0.05, 0) is 43.0 Å². The summed E-state index contributed by atoms with van der Waals surface area (Å²) in [7, 11) is 0. The molecule has 0 saturated heterocycles. The molecular weight excluding hydrogens is 244 g/mol. The second-order valence-corrected chi connectivity index (χ2v) is 6.27. The van der Waals surface area contributed by atoms with Crippen LogP contribution in [0.15, 0.2) is 41.5 Å². The average molecular weight is 264 g/mol. The summed E-state index contributed by atoms with van der Waals surface area (Å²) in [6.07, 6.45) is 2.88. The molecule has 2 heteroatoms. The number of aryl methyl sites for hydroxylation is 2. The van der Waals surface area contributed by atoms with Crippen molar-refractivity contribution in [2.45, 2.75) is 34.1 Å². The van der Waals surface area contributed by atoms with E-state index in [0.29, 0.717) is 0 Å². The maximum Gasteiger partial charge on any atom is 0.0882 e. The Morgan fingerprint density at radius 3 is 2.45 bits per heavy atom. The van der Waals surface area contributed by atoms with Gasteiger partial charge >= 0.3 is 0 Å². The number of pyridine rings is 1. The Hall–Kier alpha value is -1.96. The zero-order valence-electron chi connectivity index (χ0n) is 12.6. The highest BCUT2D eigenvalue weighted by molar-refractivity contribution is 6.08. The second kappa shape index (κ2) is 4.55. The van der Waals surface area contributed by atoms with Gasteiger partial charge in [-0.25, -0.2) is 0 Å². The van der Waals surface area contributed by atoms with E-state index in [1.165, 1.54) is 16.7 Å². The van der Waals surface area contributed by atoms with Crippen molar-refractivity contribution in [1.82, 2.24) is 4.98 Å². The SMILES string of the molecule is Cc1cccc(C)c1N=C1c2ncccc2CC1(C)C. The summed E-state index contributed by atoms with van der Waals surface area (Å²) in [5, 5.41) is 0. The molecule has 0 bridgehead atoms. The van der Waals surface area contributed by atoms with E-state index < -0.39 is 0 Å². The van der Waals surface area contributed by atoms with Crippen LogP contribution in [0.3, 0.4) is 0 Å². The predicted octanol–water partition coefficient (Wildman–Crippen LogP) is 4.40. The smallest absolute Gasteiger partial charge is 0.0882 e. The van der Waals surface area contributed by atoms with Gasteiger partial charge in [0.1, 0.15) is 0 Å². The van der Waals surface area contributed by atoms with Gasteiger partial charge in [-0.3, -0.25) is 9.98 Å². The number of hydrogen-bond donors (Lipinski definition) is 0. The molecule has 2 aromatic rings. The first-order valence-electron chi connectivity index (χ1n) is 7.09. The fourth-order valence-electron chi connectivity index (χ4n) is 2.97. The first-order chi connectivity index (χ1) is 9.49. The van der Waals surface area contributed by atoms with Crippen LogP contribution in [0.25, 0.3) is 0 Å². The van der Waals surface area contributed by atoms with Gasteiger partial charge in [0.05, 0.1) is 17.1 Å². The molecule has 1 aromatic carbocycles. The molecule has 0 radical (unpaired) electrons. The largest absolute Gasteiger partial charge is 0.255 e. The van der Waals surface area contributed by atoms with Crippen LogP contribution < -0.4 is 0 Å². The number of benzene rings is 1. The fourth-order valence-corrected chi connectivity index (χ4v) is 2.97. The molecule has 0 atom stereocenters. The quantitative estimate of drug-likeness (QED) is 0.749. The minimum absolute atomic E-state index is 0.0470. The number of aliphatic imine (C=N–C) groups is 1. The number of hydrogen-bond acceptors (Lipinski definition) is 2. The summed E-state index contributed by atoms with van der Waals surface area (Å²) >= 11 is 0. The Bertz CT molecular complexity index is 676. The van der Waals surface area contributed by atoms with Gasteiger partial charge in [0.25, 0.3) is 0 Å². The van der Waals surface area contributed by atoms with Crippen LogP contribution in [0.4, 0.5) is 5.69 Å².